The molecule has 1 unspecified atom stereocenters. The van der Waals surface area contributed by atoms with Gasteiger partial charge in [0.15, 0.2) is 0 Å². The lowest BCUT2D eigenvalue weighted by atomic mass is 10.1. The summed E-state index contributed by atoms with van der Waals surface area (Å²) in [5.41, 5.74) is 5.26. The number of halogens is 1. The summed E-state index contributed by atoms with van der Waals surface area (Å²) in [5.74, 6) is 0.563. The number of pyridine rings is 1. The molecule has 134 valence electrons. The zero-order valence-electron chi connectivity index (χ0n) is 13.1. The molecular weight excluding hydrogens is 382 g/mol. The number of nitrogens with one attached hydrogen (secondary N) is 1. The number of aromatic nitrogens is 1. The zero-order chi connectivity index (χ0) is 18.7. The molecule has 0 spiro atoms. The molecule has 0 amide bonds. The molecule has 0 bridgehead atoms. The van der Waals surface area contributed by atoms with E-state index in [1.807, 2.05) is 30.3 Å². The second-order valence-corrected chi connectivity index (χ2v) is 5.90. The molecule has 1 aromatic heterocycles. The number of ether oxygens (including phenoxy) is 1. The number of aliphatic hydroxyl groups excluding tert-OH is 2. The second-order valence-electron chi connectivity index (χ2n) is 4.68. The fraction of sp³-hybridized carbons (Fsp3) is 0.188. The molecule has 0 aliphatic carbocycles. The van der Waals surface area contributed by atoms with Gasteiger partial charge in [0.25, 0.3) is 10.3 Å². The molecule has 6 nitrogen and oxygen atoms in total. The maximum absolute atomic E-state index is 9.98. The third-order valence-electron chi connectivity index (χ3n) is 2.77. The van der Waals surface area contributed by atoms with Crippen LogP contribution in [0.1, 0.15) is 18.1 Å². The van der Waals surface area contributed by atoms with Crippen molar-refractivity contribution in [2.75, 3.05) is 11.9 Å². The Morgan fingerprint density at radius 1 is 1.24 bits per heavy atom. The maximum atomic E-state index is 9.98. The molecule has 2 aromatic rings. The Bertz CT molecular complexity index is 668. The van der Waals surface area contributed by atoms with Crippen molar-refractivity contribution in [2.24, 2.45) is 5.73 Å². The van der Waals surface area contributed by atoms with Gasteiger partial charge >= 0.3 is 0 Å². The summed E-state index contributed by atoms with van der Waals surface area (Å²) in [6.45, 7) is 0.315. The topological polar surface area (TPSA) is 101 Å². The molecule has 0 fully saturated rings. The lowest BCUT2D eigenvalue weighted by Gasteiger charge is -2.13. The monoisotopic (exact) mass is 399 g/mol. The molecule has 1 heterocycles. The predicted octanol–water partition coefficient (Wildman–Crippen LogP) is 3.36. The summed E-state index contributed by atoms with van der Waals surface area (Å²) in [5, 5.41) is 20.7. The lowest BCUT2D eigenvalue weighted by Crippen LogP contribution is -2.16. The van der Waals surface area contributed by atoms with E-state index in [9.17, 15) is 5.11 Å². The number of benzene rings is 1. The molecule has 5 N–H and O–H groups in total. The van der Waals surface area contributed by atoms with Gasteiger partial charge < -0.3 is 26.0 Å². The van der Waals surface area contributed by atoms with Crippen LogP contribution in [0, 0.1) is 0 Å². The second kappa shape index (κ2) is 11.5. The first kappa shape index (κ1) is 21.0. The molecule has 9 heteroatoms. The van der Waals surface area contributed by atoms with Crippen LogP contribution in [0.5, 0.6) is 0 Å². The van der Waals surface area contributed by atoms with Crippen LogP contribution >= 0.6 is 36.0 Å². The minimum Gasteiger partial charge on any atom is -0.487 e. The quantitative estimate of drug-likeness (QED) is 0.568. The molecule has 0 saturated carbocycles. The van der Waals surface area contributed by atoms with Crippen LogP contribution in [-0.4, -0.2) is 32.2 Å². The summed E-state index contributed by atoms with van der Waals surface area (Å²) in [7, 11) is 0. The van der Waals surface area contributed by atoms with E-state index in [1.54, 1.807) is 12.1 Å². The van der Waals surface area contributed by atoms with E-state index in [0.29, 0.717) is 23.9 Å². The molecule has 1 atom stereocenters. The van der Waals surface area contributed by atoms with Gasteiger partial charge in [0.1, 0.15) is 5.82 Å². The van der Waals surface area contributed by atoms with Gasteiger partial charge in [0.05, 0.1) is 17.7 Å². The third-order valence-corrected chi connectivity index (χ3v) is 3.21. The molecule has 1 aromatic carbocycles. The largest absolute Gasteiger partial charge is 0.487 e. The van der Waals surface area contributed by atoms with Crippen molar-refractivity contribution < 1.29 is 14.9 Å². The van der Waals surface area contributed by atoms with Gasteiger partial charge in [0.2, 0.25) is 0 Å². The van der Waals surface area contributed by atoms with Crippen molar-refractivity contribution in [2.45, 2.75) is 12.5 Å². The highest BCUT2D eigenvalue weighted by molar-refractivity contribution is 7.80. The predicted molar refractivity (Wildman–Crippen MR) is 107 cm³/mol. The minimum absolute atomic E-state index is 0.213. The summed E-state index contributed by atoms with van der Waals surface area (Å²) in [6, 6.07) is 12.8. The normalized spacial score (nSPS) is 10.8. The molecule has 25 heavy (non-hydrogen) atoms. The molecule has 2 rings (SSSR count). The third kappa shape index (κ3) is 9.78. The van der Waals surface area contributed by atoms with Gasteiger partial charge in [-0.3, -0.25) is 0 Å². The van der Waals surface area contributed by atoms with E-state index < -0.39 is 11.3 Å². The molecule has 0 aliphatic heterocycles. The highest BCUT2D eigenvalue weighted by atomic mass is 35.5. The highest BCUT2D eigenvalue weighted by Crippen LogP contribution is 2.16. The van der Waals surface area contributed by atoms with Gasteiger partial charge in [-0.25, -0.2) is 4.98 Å². The van der Waals surface area contributed by atoms with E-state index in [2.05, 4.69) is 28.3 Å². The first-order valence-corrected chi connectivity index (χ1v) is 8.34. The van der Waals surface area contributed by atoms with Crippen LogP contribution in [0.4, 0.5) is 5.82 Å². The van der Waals surface area contributed by atoms with Crippen LogP contribution in [-0.2, 0) is 4.74 Å². The van der Waals surface area contributed by atoms with Crippen LogP contribution in [0.25, 0.3) is 0 Å². The number of hydrogen-bond acceptors (Lipinski definition) is 5. The number of nitrogens with two attached hydrogens (primary N) is 1. The summed E-state index contributed by atoms with van der Waals surface area (Å²) in [6.07, 6.45) is 1.41. The van der Waals surface area contributed by atoms with Crippen molar-refractivity contribution in [3.05, 3.63) is 59.2 Å². The van der Waals surface area contributed by atoms with Gasteiger partial charge in [-0.05, 0) is 42.1 Å². The van der Waals surface area contributed by atoms with Gasteiger partial charge in [-0.1, -0.05) is 41.9 Å². The summed E-state index contributed by atoms with van der Waals surface area (Å²) >= 11 is 14.7. The van der Waals surface area contributed by atoms with Crippen molar-refractivity contribution in [1.29, 1.82) is 0 Å². The average molecular weight is 400 g/mol. The number of rotatable bonds is 5. The number of nitrogens with zero attached hydrogens (tertiary/aromatic N) is 1. The van der Waals surface area contributed by atoms with E-state index in [4.69, 9.17) is 33.7 Å². The fourth-order valence-electron chi connectivity index (χ4n) is 1.70. The summed E-state index contributed by atoms with van der Waals surface area (Å²) < 4.78 is 5.36. The van der Waals surface area contributed by atoms with Crippen molar-refractivity contribution in [3.63, 3.8) is 0 Å². The Morgan fingerprint density at radius 3 is 2.44 bits per heavy atom. The highest BCUT2D eigenvalue weighted by Gasteiger charge is 2.07. The minimum atomic E-state index is -0.567. The number of thiocarbonyl (C=S) groups is 2. The van der Waals surface area contributed by atoms with Crippen LogP contribution in [0.3, 0.4) is 0 Å². The fourth-order valence-corrected chi connectivity index (χ4v) is 2.00. The van der Waals surface area contributed by atoms with Crippen molar-refractivity contribution in [3.8, 4) is 0 Å². The van der Waals surface area contributed by atoms with Gasteiger partial charge in [-0.2, -0.15) is 0 Å². The molecule has 0 saturated heterocycles. The molecule has 0 aliphatic rings. The van der Waals surface area contributed by atoms with Gasteiger partial charge in [0, 0.05) is 12.6 Å². The van der Waals surface area contributed by atoms with Crippen molar-refractivity contribution in [1.82, 2.24) is 4.98 Å². The Kier molecular flexibility index (Phi) is 9.71. The Balaban J connectivity index is 0.000000705. The zero-order valence-corrected chi connectivity index (χ0v) is 15.5. The molecular formula is C16H18ClN3O3S2. The van der Waals surface area contributed by atoms with Crippen LogP contribution in [0.2, 0.25) is 5.02 Å². The average Bonchev–Trinajstić information content (AvgIpc) is 2.57. The Morgan fingerprint density at radius 2 is 1.88 bits per heavy atom. The van der Waals surface area contributed by atoms with Crippen LogP contribution in [0.15, 0.2) is 48.7 Å². The Hall–Kier alpha value is -2.00. The lowest BCUT2D eigenvalue weighted by molar-refractivity contribution is 0.139. The number of hydrogen-bond donors (Lipinski definition) is 4. The SMILES string of the molecule is NC(O)=S.OC(CCOC(=S)Nc1ccc(Cl)cn1)c1ccccc1. The standard InChI is InChI=1S/C15H15ClN2O2S.CH3NOS/c16-12-6-7-14(17-10-12)18-15(21)20-9-8-13(19)11-4-2-1-3-5-11;2-1(3)4/h1-7,10,13,19H,8-9H2,(H,17,18,21);(H3,2,3,4). The molecule has 0 radical (unpaired) electrons. The number of anilines is 1. The van der Waals surface area contributed by atoms with Crippen LogP contribution < -0.4 is 11.1 Å². The smallest absolute Gasteiger partial charge is 0.262 e. The van der Waals surface area contributed by atoms with Crippen molar-refractivity contribution >= 4 is 52.2 Å². The maximum Gasteiger partial charge on any atom is 0.262 e. The number of aliphatic hydroxyl groups is 2. The van der Waals surface area contributed by atoms with E-state index >= 15 is 0 Å². The first-order valence-electron chi connectivity index (χ1n) is 7.15. The van der Waals surface area contributed by atoms with Gasteiger partial charge in [-0.15, -0.1) is 0 Å². The van der Waals surface area contributed by atoms with E-state index in [1.165, 1.54) is 6.20 Å². The Labute approximate surface area is 161 Å². The first-order chi connectivity index (χ1) is 11.9. The summed E-state index contributed by atoms with van der Waals surface area (Å²) in [4.78, 5) is 4.05. The van der Waals surface area contributed by atoms with E-state index in [0.717, 1.165) is 5.56 Å². The van der Waals surface area contributed by atoms with E-state index in [-0.39, 0.29) is 5.17 Å².